The minimum absolute atomic E-state index is 0.0656. The normalized spacial score (nSPS) is 11.3. The van der Waals surface area contributed by atoms with Crippen LogP contribution in [0.3, 0.4) is 0 Å². The van der Waals surface area contributed by atoms with E-state index in [4.69, 9.17) is 4.74 Å². The summed E-state index contributed by atoms with van der Waals surface area (Å²) < 4.78 is 44.6. The van der Waals surface area contributed by atoms with Crippen molar-refractivity contribution in [2.75, 3.05) is 12.4 Å². The molecule has 0 amide bonds. The first-order chi connectivity index (χ1) is 9.91. The Morgan fingerprint density at radius 3 is 2.48 bits per heavy atom. The average molecular weight is 296 g/mol. The molecule has 1 N–H and O–H groups in total. The Labute approximate surface area is 120 Å². The molecule has 0 atom stereocenters. The van der Waals surface area contributed by atoms with E-state index in [1.165, 1.54) is 6.07 Å². The molecule has 0 spiro atoms. The van der Waals surface area contributed by atoms with Crippen LogP contribution in [0.25, 0.3) is 0 Å². The monoisotopic (exact) mass is 296 g/mol. The highest BCUT2D eigenvalue weighted by atomic mass is 19.4. The number of anilines is 1. The first-order valence-electron chi connectivity index (χ1n) is 6.35. The molecule has 2 rings (SSSR count). The molecule has 0 aliphatic carbocycles. The molecule has 0 saturated carbocycles. The minimum atomic E-state index is -4.43. The molecule has 0 radical (unpaired) electrons. The fourth-order valence-corrected chi connectivity index (χ4v) is 1.99. The summed E-state index contributed by atoms with van der Waals surface area (Å²) in [4.78, 5) is 4.11. The molecule has 0 saturated heterocycles. The molecular formula is C15H15F3N2O. The van der Waals surface area contributed by atoms with Crippen LogP contribution in [0.15, 0.2) is 36.4 Å². The SMILES string of the molecule is CNc1cccc(C(F)(F)F)c1COc1cccc(C)n1. The zero-order valence-electron chi connectivity index (χ0n) is 11.7. The number of hydrogen-bond donors (Lipinski definition) is 1. The Hall–Kier alpha value is -2.24. The molecule has 1 aromatic carbocycles. The summed E-state index contributed by atoms with van der Waals surface area (Å²) >= 11 is 0. The highest BCUT2D eigenvalue weighted by Gasteiger charge is 2.34. The van der Waals surface area contributed by atoms with Gasteiger partial charge in [0.1, 0.15) is 6.61 Å². The van der Waals surface area contributed by atoms with Gasteiger partial charge in [-0.3, -0.25) is 0 Å². The topological polar surface area (TPSA) is 34.1 Å². The summed E-state index contributed by atoms with van der Waals surface area (Å²) in [5.41, 5.74) is 0.487. The Kier molecular flexibility index (Phi) is 4.35. The van der Waals surface area contributed by atoms with Gasteiger partial charge in [0.2, 0.25) is 5.88 Å². The lowest BCUT2D eigenvalue weighted by Gasteiger charge is -2.17. The van der Waals surface area contributed by atoms with Crippen LogP contribution >= 0.6 is 0 Å². The molecule has 6 heteroatoms. The molecule has 0 fully saturated rings. The van der Waals surface area contributed by atoms with Crippen molar-refractivity contribution in [3.8, 4) is 5.88 Å². The number of aromatic nitrogens is 1. The number of hydrogen-bond acceptors (Lipinski definition) is 3. The third-order valence-electron chi connectivity index (χ3n) is 2.98. The smallest absolute Gasteiger partial charge is 0.416 e. The molecule has 0 bridgehead atoms. The highest BCUT2D eigenvalue weighted by molar-refractivity contribution is 5.55. The lowest BCUT2D eigenvalue weighted by atomic mass is 10.1. The lowest BCUT2D eigenvalue weighted by Crippen LogP contribution is -2.13. The van der Waals surface area contributed by atoms with Crippen LogP contribution < -0.4 is 10.1 Å². The van der Waals surface area contributed by atoms with Gasteiger partial charge in [-0.1, -0.05) is 12.1 Å². The van der Waals surface area contributed by atoms with Gasteiger partial charge in [-0.05, 0) is 25.1 Å². The van der Waals surface area contributed by atoms with Gasteiger partial charge in [-0.2, -0.15) is 13.2 Å². The van der Waals surface area contributed by atoms with E-state index in [0.717, 1.165) is 11.8 Å². The molecule has 0 unspecified atom stereocenters. The molecule has 0 aliphatic rings. The van der Waals surface area contributed by atoms with Gasteiger partial charge in [-0.15, -0.1) is 0 Å². The molecule has 112 valence electrons. The van der Waals surface area contributed by atoms with E-state index in [2.05, 4.69) is 10.3 Å². The molecule has 1 aromatic heterocycles. The summed E-state index contributed by atoms with van der Waals surface area (Å²) in [5.74, 6) is 0.300. The van der Waals surface area contributed by atoms with Gasteiger partial charge < -0.3 is 10.1 Å². The number of alkyl halides is 3. The van der Waals surface area contributed by atoms with Gasteiger partial charge in [0.05, 0.1) is 5.56 Å². The van der Waals surface area contributed by atoms with E-state index in [1.54, 1.807) is 38.2 Å². The predicted molar refractivity (Wildman–Crippen MR) is 74.3 cm³/mol. The molecule has 2 aromatic rings. The zero-order valence-corrected chi connectivity index (χ0v) is 11.7. The maximum atomic E-state index is 13.1. The second-order valence-electron chi connectivity index (χ2n) is 4.49. The fraction of sp³-hybridized carbons (Fsp3) is 0.267. The van der Waals surface area contributed by atoms with Gasteiger partial charge >= 0.3 is 6.18 Å². The summed E-state index contributed by atoms with van der Waals surface area (Å²) in [6.07, 6.45) is -4.43. The lowest BCUT2D eigenvalue weighted by molar-refractivity contribution is -0.138. The van der Waals surface area contributed by atoms with Crippen molar-refractivity contribution in [3.63, 3.8) is 0 Å². The number of ether oxygens (including phenoxy) is 1. The Morgan fingerprint density at radius 2 is 1.86 bits per heavy atom. The van der Waals surface area contributed by atoms with Crippen LogP contribution in [0.2, 0.25) is 0 Å². The second-order valence-corrected chi connectivity index (χ2v) is 4.49. The van der Waals surface area contributed by atoms with E-state index in [9.17, 15) is 13.2 Å². The number of aryl methyl sites for hydroxylation is 1. The van der Waals surface area contributed by atoms with E-state index in [0.29, 0.717) is 11.6 Å². The summed E-state index contributed by atoms with van der Waals surface area (Å²) in [6.45, 7) is 1.58. The first-order valence-corrected chi connectivity index (χ1v) is 6.35. The second kappa shape index (κ2) is 6.03. The van der Waals surface area contributed by atoms with Crippen LogP contribution in [0.5, 0.6) is 5.88 Å². The molecule has 21 heavy (non-hydrogen) atoms. The minimum Gasteiger partial charge on any atom is -0.473 e. The Morgan fingerprint density at radius 1 is 1.14 bits per heavy atom. The Balaban J connectivity index is 2.30. The van der Waals surface area contributed by atoms with Crippen molar-refractivity contribution < 1.29 is 17.9 Å². The first kappa shape index (κ1) is 15.2. The van der Waals surface area contributed by atoms with Gasteiger partial charge in [0.25, 0.3) is 0 Å². The van der Waals surface area contributed by atoms with Crippen molar-refractivity contribution in [1.29, 1.82) is 0 Å². The van der Waals surface area contributed by atoms with Gasteiger partial charge in [0.15, 0.2) is 0 Å². The maximum absolute atomic E-state index is 13.1. The summed E-state index contributed by atoms with van der Waals surface area (Å²) in [7, 11) is 1.57. The van der Waals surface area contributed by atoms with Crippen molar-refractivity contribution in [2.45, 2.75) is 19.7 Å². The van der Waals surface area contributed by atoms with E-state index in [1.807, 2.05) is 0 Å². The third kappa shape index (κ3) is 3.65. The maximum Gasteiger partial charge on any atom is 0.416 e. The largest absolute Gasteiger partial charge is 0.473 e. The zero-order chi connectivity index (χ0) is 15.5. The number of rotatable bonds is 4. The van der Waals surface area contributed by atoms with E-state index in [-0.39, 0.29) is 12.2 Å². The van der Waals surface area contributed by atoms with Crippen molar-refractivity contribution in [1.82, 2.24) is 4.98 Å². The summed E-state index contributed by atoms with van der Waals surface area (Å²) in [5, 5.41) is 2.76. The third-order valence-corrected chi connectivity index (χ3v) is 2.98. The number of halogens is 3. The van der Waals surface area contributed by atoms with Crippen molar-refractivity contribution in [2.24, 2.45) is 0 Å². The number of nitrogens with one attached hydrogen (secondary N) is 1. The van der Waals surface area contributed by atoms with Crippen molar-refractivity contribution in [3.05, 3.63) is 53.2 Å². The molecular weight excluding hydrogens is 281 g/mol. The number of pyridine rings is 1. The number of benzene rings is 1. The van der Waals surface area contributed by atoms with Crippen LogP contribution in [-0.2, 0) is 12.8 Å². The van der Waals surface area contributed by atoms with Crippen LogP contribution in [-0.4, -0.2) is 12.0 Å². The predicted octanol–water partition coefficient (Wildman–Crippen LogP) is 4.03. The molecule has 3 nitrogen and oxygen atoms in total. The van der Waals surface area contributed by atoms with Crippen molar-refractivity contribution >= 4 is 5.69 Å². The summed E-state index contributed by atoms with van der Waals surface area (Å²) in [6, 6.07) is 9.13. The van der Waals surface area contributed by atoms with Gasteiger partial charge in [-0.25, -0.2) is 4.98 Å². The van der Waals surface area contributed by atoms with Crippen LogP contribution in [0.4, 0.5) is 18.9 Å². The number of nitrogens with zero attached hydrogens (tertiary/aromatic N) is 1. The van der Waals surface area contributed by atoms with Gasteiger partial charge in [0, 0.05) is 30.1 Å². The van der Waals surface area contributed by atoms with E-state index >= 15 is 0 Å². The van der Waals surface area contributed by atoms with Crippen LogP contribution in [0, 0.1) is 6.92 Å². The standard InChI is InChI=1S/C15H15F3N2O/c1-10-5-3-8-14(20-10)21-9-11-12(15(16,17)18)6-4-7-13(11)19-2/h3-8,19H,9H2,1-2H3. The van der Waals surface area contributed by atoms with E-state index < -0.39 is 11.7 Å². The highest BCUT2D eigenvalue weighted by Crippen LogP contribution is 2.35. The Bertz CT molecular complexity index is 627. The quantitative estimate of drug-likeness (QED) is 0.925. The average Bonchev–Trinajstić information content (AvgIpc) is 2.43. The van der Waals surface area contributed by atoms with Crippen LogP contribution in [0.1, 0.15) is 16.8 Å². The molecule has 1 heterocycles. The fourth-order valence-electron chi connectivity index (χ4n) is 1.99. The molecule has 0 aliphatic heterocycles.